The Balaban J connectivity index is 2.11. The summed E-state index contributed by atoms with van der Waals surface area (Å²) < 4.78 is 25.9. The Labute approximate surface area is 116 Å². The lowest BCUT2D eigenvalue weighted by atomic mass is 9.69. The Kier molecular flexibility index (Phi) is 2.52. The van der Waals surface area contributed by atoms with Crippen LogP contribution < -0.4 is 0 Å². The molecule has 1 spiro atoms. The van der Waals surface area contributed by atoms with Gasteiger partial charge in [0, 0.05) is 5.41 Å². The highest BCUT2D eigenvalue weighted by Gasteiger charge is 2.72. The van der Waals surface area contributed by atoms with Crippen molar-refractivity contribution in [2.75, 3.05) is 11.1 Å². The molecule has 2 saturated carbocycles. The average molecular weight is 336 g/mol. The Morgan fingerprint density at radius 3 is 2.67 bits per heavy atom. The second-order valence-corrected chi connectivity index (χ2v) is 8.85. The number of alkyl halides is 1. The zero-order valence-corrected chi connectivity index (χ0v) is 13.1. The van der Waals surface area contributed by atoms with Gasteiger partial charge in [0.15, 0.2) is 0 Å². The fraction of sp³-hybridized carbons (Fsp3) is 0.917. The predicted octanol–water partition coefficient (Wildman–Crippen LogP) is 1.75. The first-order valence-corrected chi connectivity index (χ1v) is 9.10. The van der Waals surface area contributed by atoms with Crippen LogP contribution in [0.3, 0.4) is 0 Å². The van der Waals surface area contributed by atoms with Gasteiger partial charge in [-0.3, -0.25) is 4.79 Å². The van der Waals surface area contributed by atoms with Crippen molar-refractivity contribution in [2.24, 2.45) is 16.7 Å². The Morgan fingerprint density at radius 2 is 2.11 bits per heavy atom. The molecule has 1 aliphatic heterocycles. The first-order valence-electron chi connectivity index (χ1n) is 6.37. The summed E-state index contributed by atoms with van der Waals surface area (Å²) in [5.74, 6) is 0.413. The van der Waals surface area contributed by atoms with Crippen LogP contribution in [0.5, 0.6) is 0 Å². The van der Waals surface area contributed by atoms with E-state index in [-0.39, 0.29) is 33.9 Å². The van der Waals surface area contributed by atoms with Gasteiger partial charge < -0.3 is 0 Å². The first-order chi connectivity index (χ1) is 8.26. The minimum Gasteiger partial charge on any atom is -0.273 e. The Bertz CT molecular complexity index is 515. The van der Waals surface area contributed by atoms with Gasteiger partial charge in [0.25, 0.3) is 0 Å². The normalized spacial score (nSPS) is 43.2. The van der Waals surface area contributed by atoms with Crippen molar-refractivity contribution in [2.45, 2.75) is 39.2 Å². The number of hydrogen-bond donors (Lipinski definition) is 0. The lowest BCUT2D eigenvalue weighted by molar-refractivity contribution is -0.126. The van der Waals surface area contributed by atoms with Crippen LogP contribution in [0.15, 0.2) is 0 Å². The van der Waals surface area contributed by atoms with E-state index in [2.05, 4.69) is 29.8 Å². The van der Waals surface area contributed by atoms with E-state index in [0.717, 1.165) is 19.3 Å². The molecule has 1 amide bonds. The summed E-state index contributed by atoms with van der Waals surface area (Å²) in [5, 5.41) is 0.0872. The van der Waals surface area contributed by atoms with Crippen molar-refractivity contribution >= 4 is 31.9 Å². The molecule has 0 radical (unpaired) electrons. The van der Waals surface area contributed by atoms with Gasteiger partial charge in [-0.2, -0.15) is 0 Å². The highest BCUT2D eigenvalue weighted by atomic mass is 79.9. The van der Waals surface area contributed by atoms with Gasteiger partial charge in [-0.25, -0.2) is 12.7 Å². The summed E-state index contributed by atoms with van der Waals surface area (Å²) in [7, 11) is -3.42. The average Bonchev–Trinajstić information content (AvgIpc) is 2.74. The number of rotatable bonds is 1. The Morgan fingerprint density at radius 1 is 1.44 bits per heavy atom. The molecule has 6 heteroatoms. The molecule has 1 saturated heterocycles. The van der Waals surface area contributed by atoms with Crippen molar-refractivity contribution in [3.05, 3.63) is 0 Å². The standard InChI is InChI=1S/C12H18BrNO3S/c1-11(2)8-3-4-12(11)7-18(16,17)14(9(12)5-8)10(15)6-13/h8-9H,3-7H2,1-2H3. The van der Waals surface area contributed by atoms with Crippen LogP contribution in [0, 0.1) is 16.7 Å². The van der Waals surface area contributed by atoms with E-state index in [9.17, 15) is 13.2 Å². The fourth-order valence-corrected chi connectivity index (χ4v) is 7.66. The van der Waals surface area contributed by atoms with E-state index in [1.165, 1.54) is 4.31 Å². The van der Waals surface area contributed by atoms with Crippen LogP contribution in [-0.4, -0.2) is 35.8 Å². The van der Waals surface area contributed by atoms with Crippen LogP contribution in [0.25, 0.3) is 0 Å². The molecule has 0 aromatic heterocycles. The van der Waals surface area contributed by atoms with E-state index in [4.69, 9.17) is 0 Å². The molecule has 18 heavy (non-hydrogen) atoms. The van der Waals surface area contributed by atoms with Crippen molar-refractivity contribution in [1.29, 1.82) is 0 Å². The molecule has 0 N–H and O–H groups in total. The zero-order valence-electron chi connectivity index (χ0n) is 10.6. The maximum atomic E-state index is 12.3. The maximum absolute atomic E-state index is 12.3. The molecule has 2 aliphatic carbocycles. The number of sulfonamides is 1. The minimum atomic E-state index is -3.42. The molecule has 102 valence electrons. The quantitative estimate of drug-likeness (QED) is 0.686. The van der Waals surface area contributed by atoms with Gasteiger partial charge in [-0.15, -0.1) is 0 Å². The van der Waals surface area contributed by atoms with Gasteiger partial charge in [0.1, 0.15) is 0 Å². The lowest BCUT2D eigenvalue weighted by Crippen LogP contribution is -2.44. The van der Waals surface area contributed by atoms with Crippen LogP contribution in [0.2, 0.25) is 0 Å². The predicted molar refractivity (Wildman–Crippen MR) is 71.8 cm³/mol. The molecule has 4 nitrogen and oxygen atoms in total. The third kappa shape index (κ3) is 1.26. The highest BCUT2D eigenvalue weighted by molar-refractivity contribution is 9.09. The van der Waals surface area contributed by atoms with E-state index < -0.39 is 10.0 Å². The summed E-state index contributed by atoms with van der Waals surface area (Å²) >= 11 is 3.10. The monoisotopic (exact) mass is 335 g/mol. The summed E-state index contributed by atoms with van der Waals surface area (Å²) in [6.45, 7) is 4.37. The largest absolute Gasteiger partial charge is 0.273 e. The van der Waals surface area contributed by atoms with Crippen molar-refractivity contribution in [3.63, 3.8) is 0 Å². The zero-order chi connectivity index (χ0) is 13.3. The highest BCUT2D eigenvalue weighted by Crippen LogP contribution is 2.69. The molecule has 3 rings (SSSR count). The van der Waals surface area contributed by atoms with Gasteiger partial charge >= 0.3 is 0 Å². The number of carbonyl (C=O) groups excluding carboxylic acids is 1. The number of amides is 1. The van der Waals surface area contributed by atoms with Crippen molar-refractivity contribution < 1.29 is 13.2 Å². The number of fused-ring (bicyclic) bond motifs is 1. The molecule has 2 bridgehead atoms. The van der Waals surface area contributed by atoms with Gasteiger partial charge in [0.05, 0.1) is 17.1 Å². The summed E-state index contributed by atoms with van der Waals surface area (Å²) in [6, 6.07) is -0.0960. The molecule has 3 aliphatic rings. The van der Waals surface area contributed by atoms with Crippen LogP contribution in [-0.2, 0) is 14.8 Å². The third-order valence-electron chi connectivity index (χ3n) is 5.77. The molecule has 1 heterocycles. The summed E-state index contributed by atoms with van der Waals surface area (Å²) in [5.41, 5.74) is -0.166. The number of carbonyl (C=O) groups is 1. The van der Waals surface area contributed by atoms with E-state index in [1.54, 1.807) is 0 Å². The maximum Gasteiger partial charge on any atom is 0.246 e. The molecule has 3 unspecified atom stereocenters. The van der Waals surface area contributed by atoms with Crippen LogP contribution in [0.4, 0.5) is 0 Å². The molecule has 0 aromatic carbocycles. The van der Waals surface area contributed by atoms with Gasteiger partial charge in [-0.1, -0.05) is 29.8 Å². The number of nitrogens with zero attached hydrogens (tertiary/aromatic N) is 1. The van der Waals surface area contributed by atoms with Crippen LogP contribution >= 0.6 is 15.9 Å². The summed E-state index contributed by atoms with van der Waals surface area (Å²) in [6.07, 6.45) is 2.90. The molecular weight excluding hydrogens is 318 g/mol. The smallest absolute Gasteiger partial charge is 0.246 e. The molecular formula is C12H18BrNO3S. The van der Waals surface area contributed by atoms with Crippen LogP contribution in [0.1, 0.15) is 33.1 Å². The SMILES string of the molecule is CC1(C)C2CCC13CS(=O)(=O)N(C(=O)CBr)C3C2. The second-order valence-electron chi connectivity index (χ2n) is 6.44. The summed E-state index contributed by atoms with van der Waals surface area (Å²) in [4.78, 5) is 12.0. The topological polar surface area (TPSA) is 54.5 Å². The molecule has 3 atom stereocenters. The Hall–Kier alpha value is -0.100. The third-order valence-corrected chi connectivity index (χ3v) is 8.19. The number of hydrogen-bond acceptors (Lipinski definition) is 3. The molecule has 0 aromatic rings. The van der Waals surface area contributed by atoms with E-state index in [1.807, 2.05) is 0 Å². The van der Waals surface area contributed by atoms with E-state index in [0.29, 0.717) is 5.92 Å². The van der Waals surface area contributed by atoms with Crippen molar-refractivity contribution in [3.8, 4) is 0 Å². The first kappa shape index (κ1) is 12.9. The van der Waals surface area contributed by atoms with E-state index >= 15 is 0 Å². The van der Waals surface area contributed by atoms with Crippen molar-refractivity contribution in [1.82, 2.24) is 4.31 Å². The number of halogens is 1. The fourth-order valence-electron chi connectivity index (χ4n) is 4.68. The van der Waals surface area contributed by atoms with Gasteiger partial charge in [0.2, 0.25) is 15.9 Å². The second kappa shape index (κ2) is 3.51. The minimum absolute atomic E-state index is 0.0338. The van der Waals surface area contributed by atoms with Gasteiger partial charge in [-0.05, 0) is 30.6 Å². The molecule has 3 fully saturated rings. The lowest BCUT2D eigenvalue weighted by Gasteiger charge is -2.36.